The van der Waals surface area contributed by atoms with Gasteiger partial charge in [-0.3, -0.25) is 0 Å². The van der Waals surface area contributed by atoms with Gasteiger partial charge in [0.25, 0.3) is 0 Å². The van der Waals surface area contributed by atoms with Crippen LogP contribution in [0.25, 0.3) is 0 Å². The van der Waals surface area contributed by atoms with Crippen molar-refractivity contribution in [2.24, 2.45) is 0 Å². The van der Waals surface area contributed by atoms with Gasteiger partial charge in [0.1, 0.15) is 0 Å². The molecule has 1 fully saturated rings. The Labute approximate surface area is 95.6 Å². The van der Waals surface area contributed by atoms with Gasteiger partial charge in [-0.05, 0) is 19.8 Å². The highest BCUT2D eigenvalue weighted by Gasteiger charge is 1.95. The number of aliphatic hydroxyl groups excluding tert-OH is 1. The van der Waals surface area contributed by atoms with E-state index in [-0.39, 0.29) is 6.10 Å². The third-order valence-electron chi connectivity index (χ3n) is 2.64. The van der Waals surface area contributed by atoms with Crippen molar-refractivity contribution < 1.29 is 5.11 Å². The Bertz CT molecular complexity index is 127. The summed E-state index contributed by atoms with van der Waals surface area (Å²) in [5, 5.41) is 8.82. The summed E-state index contributed by atoms with van der Waals surface area (Å²) in [4.78, 5) is 0. The fourth-order valence-electron chi connectivity index (χ4n) is 1.69. The van der Waals surface area contributed by atoms with Crippen LogP contribution in [-0.4, -0.2) is 11.2 Å². The monoisotopic (exact) mass is 212 g/mol. The molecule has 1 aliphatic rings. The minimum absolute atomic E-state index is 0.276. The van der Waals surface area contributed by atoms with E-state index in [2.05, 4.69) is 13.0 Å². The lowest BCUT2D eigenvalue weighted by Gasteiger charge is -1.93. The second kappa shape index (κ2) is 11.8. The zero-order chi connectivity index (χ0) is 11.4. The van der Waals surface area contributed by atoms with Crippen molar-refractivity contribution in [2.45, 2.75) is 77.7 Å². The van der Waals surface area contributed by atoms with Crippen molar-refractivity contribution in [3.8, 4) is 0 Å². The highest BCUT2D eigenvalue weighted by atomic mass is 16.3. The Kier molecular flexibility index (Phi) is 11.5. The Balaban J connectivity index is 0.000000322. The van der Waals surface area contributed by atoms with E-state index in [1.165, 1.54) is 51.4 Å². The summed E-state index contributed by atoms with van der Waals surface area (Å²) in [6.45, 7) is 3.97. The highest BCUT2D eigenvalue weighted by molar-refractivity contribution is 4.85. The average Bonchev–Trinajstić information content (AvgIpc) is 2.75. The molecule has 1 rings (SSSR count). The maximum Gasteiger partial charge on any atom is 0.0692 e. The summed E-state index contributed by atoms with van der Waals surface area (Å²) in [5.41, 5.74) is 0. The number of unbranched alkanes of at least 4 members (excludes halogenated alkanes) is 3. The SMILES string of the molecule is C1CCCC1.CCCCCC=CC(C)O. The minimum Gasteiger partial charge on any atom is -0.389 e. The maximum absolute atomic E-state index is 8.82. The van der Waals surface area contributed by atoms with Gasteiger partial charge < -0.3 is 5.11 Å². The first-order chi connectivity index (χ1) is 7.27. The van der Waals surface area contributed by atoms with E-state index in [1.54, 1.807) is 6.92 Å². The minimum atomic E-state index is -0.276. The number of hydrogen-bond acceptors (Lipinski definition) is 1. The van der Waals surface area contributed by atoms with Gasteiger partial charge in [-0.15, -0.1) is 0 Å². The van der Waals surface area contributed by atoms with Crippen LogP contribution in [0.3, 0.4) is 0 Å². The molecule has 1 aliphatic carbocycles. The third kappa shape index (κ3) is 13.7. The summed E-state index contributed by atoms with van der Waals surface area (Å²) < 4.78 is 0. The number of allylic oxidation sites excluding steroid dienone is 1. The van der Waals surface area contributed by atoms with E-state index in [1.807, 2.05) is 6.08 Å². The van der Waals surface area contributed by atoms with Crippen LogP contribution in [0, 0.1) is 0 Å². The maximum atomic E-state index is 8.82. The molecule has 0 aliphatic heterocycles. The van der Waals surface area contributed by atoms with Gasteiger partial charge in [-0.2, -0.15) is 0 Å². The summed E-state index contributed by atoms with van der Waals surface area (Å²) >= 11 is 0. The smallest absolute Gasteiger partial charge is 0.0692 e. The van der Waals surface area contributed by atoms with Crippen molar-refractivity contribution in [1.82, 2.24) is 0 Å². The Hall–Kier alpha value is -0.300. The van der Waals surface area contributed by atoms with Gasteiger partial charge in [0.2, 0.25) is 0 Å². The van der Waals surface area contributed by atoms with Gasteiger partial charge in [-0.1, -0.05) is 64.0 Å². The Morgan fingerprint density at radius 1 is 1.07 bits per heavy atom. The zero-order valence-electron chi connectivity index (χ0n) is 10.5. The fourth-order valence-corrected chi connectivity index (χ4v) is 1.69. The number of rotatable bonds is 5. The van der Waals surface area contributed by atoms with Gasteiger partial charge in [-0.25, -0.2) is 0 Å². The van der Waals surface area contributed by atoms with E-state index < -0.39 is 0 Å². The first-order valence-corrected chi connectivity index (χ1v) is 6.62. The van der Waals surface area contributed by atoms with Crippen LogP contribution in [0.1, 0.15) is 71.6 Å². The molecule has 1 saturated carbocycles. The third-order valence-corrected chi connectivity index (χ3v) is 2.64. The van der Waals surface area contributed by atoms with E-state index in [4.69, 9.17) is 5.11 Å². The Morgan fingerprint density at radius 2 is 1.60 bits per heavy atom. The lowest BCUT2D eigenvalue weighted by atomic mass is 10.2. The van der Waals surface area contributed by atoms with Crippen molar-refractivity contribution in [2.75, 3.05) is 0 Å². The molecule has 90 valence electrons. The normalized spacial score (nSPS) is 17.5. The molecule has 1 unspecified atom stereocenters. The molecule has 0 aromatic rings. The first kappa shape index (κ1) is 14.7. The summed E-state index contributed by atoms with van der Waals surface area (Å²) in [6.07, 6.45) is 16.0. The molecule has 1 heteroatoms. The zero-order valence-corrected chi connectivity index (χ0v) is 10.5. The topological polar surface area (TPSA) is 20.2 Å². The van der Waals surface area contributed by atoms with Crippen molar-refractivity contribution >= 4 is 0 Å². The van der Waals surface area contributed by atoms with Gasteiger partial charge in [0.05, 0.1) is 6.10 Å². The molecule has 0 spiro atoms. The van der Waals surface area contributed by atoms with Crippen LogP contribution in [-0.2, 0) is 0 Å². The van der Waals surface area contributed by atoms with E-state index in [9.17, 15) is 0 Å². The quantitative estimate of drug-likeness (QED) is 0.527. The summed E-state index contributed by atoms with van der Waals surface area (Å²) in [6, 6.07) is 0. The Morgan fingerprint density at radius 3 is 2.00 bits per heavy atom. The second-order valence-electron chi connectivity index (χ2n) is 4.43. The molecule has 0 aromatic carbocycles. The molecule has 15 heavy (non-hydrogen) atoms. The molecule has 0 amide bonds. The second-order valence-corrected chi connectivity index (χ2v) is 4.43. The lowest BCUT2D eigenvalue weighted by molar-refractivity contribution is 0.244. The summed E-state index contributed by atoms with van der Waals surface area (Å²) in [7, 11) is 0. The van der Waals surface area contributed by atoms with Crippen LogP contribution < -0.4 is 0 Å². The molecule has 0 saturated heterocycles. The summed E-state index contributed by atoms with van der Waals surface area (Å²) in [5.74, 6) is 0. The largest absolute Gasteiger partial charge is 0.389 e. The molecular formula is C14H28O. The predicted octanol–water partition coefficient (Wildman–Crippen LogP) is 4.45. The molecular weight excluding hydrogens is 184 g/mol. The predicted molar refractivity (Wildman–Crippen MR) is 68.0 cm³/mol. The van der Waals surface area contributed by atoms with Gasteiger partial charge in [0, 0.05) is 0 Å². The first-order valence-electron chi connectivity index (χ1n) is 6.62. The lowest BCUT2D eigenvalue weighted by Crippen LogP contribution is -1.91. The molecule has 0 bridgehead atoms. The van der Waals surface area contributed by atoms with Crippen LogP contribution in [0.4, 0.5) is 0 Å². The van der Waals surface area contributed by atoms with Crippen LogP contribution in [0.2, 0.25) is 0 Å². The van der Waals surface area contributed by atoms with E-state index >= 15 is 0 Å². The number of aliphatic hydroxyl groups is 1. The van der Waals surface area contributed by atoms with Gasteiger partial charge >= 0.3 is 0 Å². The standard InChI is InChI=1S/C9H18O.C5H10/c1-3-4-5-6-7-8-9(2)10;1-2-4-5-3-1/h7-10H,3-6H2,1-2H3;1-5H2. The van der Waals surface area contributed by atoms with Crippen LogP contribution in [0.5, 0.6) is 0 Å². The average molecular weight is 212 g/mol. The van der Waals surface area contributed by atoms with Crippen molar-refractivity contribution in [1.29, 1.82) is 0 Å². The molecule has 1 N–H and O–H groups in total. The van der Waals surface area contributed by atoms with E-state index in [0.29, 0.717) is 0 Å². The van der Waals surface area contributed by atoms with Crippen molar-refractivity contribution in [3.63, 3.8) is 0 Å². The van der Waals surface area contributed by atoms with Crippen LogP contribution >= 0.6 is 0 Å². The van der Waals surface area contributed by atoms with Gasteiger partial charge in [0.15, 0.2) is 0 Å². The molecule has 0 aromatic heterocycles. The molecule has 0 radical (unpaired) electrons. The molecule has 0 heterocycles. The van der Waals surface area contributed by atoms with Crippen LogP contribution in [0.15, 0.2) is 12.2 Å². The number of hydrogen-bond donors (Lipinski definition) is 1. The molecule has 1 nitrogen and oxygen atoms in total. The van der Waals surface area contributed by atoms with E-state index in [0.717, 1.165) is 6.42 Å². The highest BCUT2D eigenvalue weighted by Crippen LogP contribution is 2.15. The van der Waals surface area contributed by atoms with Crippen molar-refractivity contribution in [3.05, 3.63) is 12.2 Å². The molecule has 1 atom stereocenters. The fraction of sp³-hybridized carbons (Fsp3) is 0.857.